The van der Waals surface area contributed by atoms with Gasteiger partial charge in [-0.1, -0.05) is 0 Å². The van der Waals surface area contributed by atoms with Crippen LogP contribution in [0.2, 0.25) is 0 Å². The van der Waals surface area contributed by atoms with Crippen molar-refractivity contribution in [3.63, 3.8) is 0 Å². The van der Waals surface area contributed by atoms with E-state index < -0.39 is 12.6 Å². The van der Waals surface area contributed by atoms with Crippen molar-refractivity contribution in [3.8, 4) is 5.88 Å². The van der Waals surface area contributed by atoms with Crippen molar-refractivity contribution in [3.05, 3.63) is 23.9 Å². The molecule has 0 aromatic carbocycles. The zero-order valence-corrected chi connectivity index (χ0v) is 10.4. The first-order chi connectivity index (χ1) is 6.74. The number of carboxylic acid groups (broad SMARTS) is 1. The SMILES string of the molecule is O=C(O)c1ccc(OCCCF)nc1.[H-].[Na+]. The standard InChI is InChI=1S/C9H10FNO3.Na.H/c10-4-1-5-14-8-3-2-7(6-11-8)9(12)13;;/h2-3,6H,1,4-5H2,(H,12,13);;/q;+1;-1. The Morgan fingerprint density at radius 1 is 1.60 bits per heavy atom. The Kier molecular flexibility index (Phi) is 7.29. The van der Waals surface area contributed by atoms with Crippen molar-refractivity contribution in [2.75, 3.05) is 13.3 Å². The molecule has 1 aromatic rings. The maximum atomic E-state index is 11.7. The van der Waals surface area contributed by atoms with Gasteiger partial charge in [0.25, 0.3) is 0 Å². The van der Waals surface area contributed by atoms with Crippen LogP contribution in [-0.2, 0) is 0 Å². The Labute approximate surface area is 110 Å². The number of aromatic carboxylic acids is 1. The molecular formula is C9H11FNNaO3. The molecular weight excluding hydrogens is 212 g/mol. The van der Waals surface area contributed by atoms with Gasteiger partial charge < -0.3 is 11.3 Å². The summed E-state index contributed by atoms with van der Waals surface area (Å²) in [4.78, 5) is 14.2. The van der Waals surface area contributed by atoms with Crippen LogP contribution in [0.5, 0.6) is 5.88 Å². The predicted octanol–water partition coefficient (Wildman–Crippen LogP) is -1.37. The summed E-state index contributed by atoms with van der Waals surface area (Å²) < 4.78 is 16.7. The fourth-order valence-corrected chi connectivity index (χ4v) is 0.823. The molecule has 1 aromatic heterocycles. The van der Waals surface area contributed by atoms with Gasteiger partial charge in [0.1, 0.15) is 0 Å². The van der Waals surface area contributed by atoms with Gasteiger partial charge in [0, 0.05) is 18.7 Å². The van der Waals surface area contributed by atoms with E-state index in [0.717, 1.165) is 0 Å². The number of hydrogen-bond donors (Lipinski definition) is 1. The van der Waals surface area contributed by atoms with Gasteiger partial charge in [0.05, 0.1) is 18.8 Å². The van der Waals surface area contributed by atoms with Crippen molar-refractivity contribution < 1.29 is 50.0 Å². The zero-order chi connectivity index (χ0) is 10.4. The van der Waals surface area contributed by atoms with Crippen LogP contribution in [0.25, 0.3) is 0 Å². The molecule has 0 fully saturated rings. The number of aromatic nitrogens is 1. The van der Waals surface area contributed by atoms with E-state index in [-0.39, 0.29) is 43.2 Å². The average Bonchev–Trinajstić information content (AvgIpc) is 2.19. The maximum absolute atomic E-state index is 11.7. The second-order valence-electron chi connectivity index (χ2n) is 2.58. The molecule has 1 N–H and O–H groups in total. The van der Waals surface area contributed by atoms with Crippen molar-refractivity contribution >= 4 is 5.97 Å². The third kappa shape index (κ3) is 5.11. The summed E-state index contributed by atoms with van der Waals surface area (Å²) in [7, 11) is 0. The third-order valence-electron chi connectivity index (χ3n) is 1.51. The third-order valence-corrected chi connectivity index (χ3v) is 1.51. The van der Waals surface area contributed by atoms with E-state index >= 15 is 0 Å². The molecule has 0 aliphatic carbocycles. The van der Waals surface area contributed by atoms with Crippen LogP contribution in [-0.4, -0.2) is 29.3 Å². The molecule has 15 heavy (non-hydrogen) atoms. The summed E-state index contributed by atoms with van der Waals surface area (Å²) in [6.07, 6.45) is 1.51. The number of hydrogen-bond acceptors (Lipinski definition) is 3. The molecule has 0 saturated carbocycles. The van der Waals surface area contributed by atoms with Crippen LogP contribution in [0.4, 0.5) is 4.39 Å². The van der Waals surface area contributed by atoms with Gasteiger partial charge >= 0.3 is 35.5 Å². The van der Waals surface area contributed by atoms with E-state index in [1.807, 2.05) is 0 Å². The summed E-state index contributed by atoms with van der Waals surface area (Å²) >= 11 is 0. The van der Waals surface area contributed by atoms with E-state index in [0.29, 0.717) is 12.3 Å². The smallest absolute Gasteiger partial charge is 1.00 e. The Bertz CT molecular complexity index is 310. The summed E-state index contributed by atoms with van der Waals surface area (Å²) in [5, 5.41) is 8.56. The van der Waals surface area contributed by atoms with E-state index in [4.69, 9.17) is 9.84 Å². The number of alkyl halides is 1. The van der Waals surface area contributed by atoms with Crippen molar-refractivity contribution in [2.45, 2.75) is 6.42 Å². The predicted molar refractivity (Wildman–Crippen MR) is 48.4 cm³/mol. The Hall–Kier alpha value is -0.650. The number of pyridine rings is 1. The largest absolute Gasteiger partial charge is 1.00 e. The van der Waals surface area contributed by atoms with Crippen LogP contribution in [0, 0.1) is 0 Å². The molecule has 0 aliphatic heterocycles. The number of nitrogens with zero attached hydrogens (tertiary/aromatic N) is 1. The molecule has 1 heterocycles. The minimum absolute atomic E-state index is 0. The van der Waals surface area contributed by atoms with Crippen molar-refractivity contribution in [2.24, 2.45) is 0 Å². The second kappa shape index (κ2) is 7.62. The minimum atomic E-state index is -1.03. The van der Waals surface area contributed by atoms with Gasteiger partial charge in [-0.25, -0.2) is 9.78 Å². The van der Waals surface area contributed by atoms with E-state index in [9.17, 15) is 9.18 Å². The van der Waals surface area contributed by atoms with Gasteiger partial charge in [-0.15, -0.1) is 0 Å². The van der Waals surface area contributed by atoms with E-state index in [1.54, 1.807) is 0 Å². The summed E-state index contributed by atoms with van der Waals surface area (Å²) in [5.41, 5.74) is 0.0999. The molecule has 0 bridgehead atoms. The van der Waals surface area contributed by atoms with Crippen molar-refractivity contribution in [1.29, 1.82) is 0 Å². The van der Waals surface area contributed by atoms with E-state index in [2.05, 4.69) is 4.98 Å². The van der Waals surface area contributed by atoms with Crippen LogP contribution >= 0.6 is 0 Å². The van der Waals surface area contributed by atoms with Crippen LogP contribution in [0.15, 0.2) is 18.3 Å². The first kappa shape index (κ1) is 14.3. The molecule has 6 heteroatoms. The van der Waals surface area contributed by atoms with Gasteiger partial charge in [0.15, 0.2) is 0 Å². The summed E-state index contributed by atoms with van der Waals surface area (Å²) in [6.45, 7) is -0.191. The second-order valence-corrected chi connectivity index (χ2v) is 2.58. The number of halogens is 1. The monoisotopic (exact) mass is 223 g/mol. The quantitative estimate of drug-likeness (QED) is 0.494. The Morgan fingerprint density at radius 2 is 2.33 bits per heavy atom. The normalized spacial score (nSPS) is 9.13. The Balaban J connectivity index is 0. The van der Waals surface area contributed by atoms with Gasteiger partial charge in [-0.2, -0.15) is 0 Å². The van der Waals surface area contributed by atoms with Gasteiger partial charge in [-0.3, -0.25) is 4.39 Å². The van der Waals surface area contributed by atoms with Crippen LogP contribution in [0.1, 0.15) is 18.2 Å². The molecule has 1 rings (SSSR count). The first-order valence-electron chi connectivity index (χ1n) is 4.12. The summed E-state index contributed by atoms with van der Waals surface area (Å²) in [5.74, 6) is -0.726. The maximum Gasteiger partial charge on any atom is 1.00 e. The Morgan fingerprint density at radius 3 is 2.80 bits per heavy atom. The fourth-order valence-electron chi connectivity index (χ4n) is 0.823. The molecule has 4 nitrogen and oxygen atoms in total. The van der Waals surface area contributed by atoms with E-state index in [1.165, 1.54) is 18.3 Å². The number of ether oxygens (including phenoxy) is 1. The molecule has 0 saturated heterocycles. The number of rotatable bonds is 5. The number of carboxylic acids is 1. The molecule has 0 aliphatic rings. The van der Waals surface area contributed by atoms with Crippen LogP contribution < -0.4 is 34.3 Å². The molecule has 0 spiro atoms. The fraction of sp³-hybridized carbons (Fsp3) is 0.333. The molecule has 0 radical (unpaired) electrons. The van der Waals surface area contributed by atoms with Crippen molar-refractivity contribution in [1.82, 2.24) is 4.98 Å². The topological polar surface area (TPSA) is 59.4 Å². The minimum Gasteiger partial charge on any atom is -1.00 e. The first-order valence-corrected chi connectivity index (χ1v) is 4.12. The summed E-state index contributed by atoms with van der Waals surface area (Å²) in [6, 6.07) is 2.84. The molecule has 0 amide bonds. The zero-order valence-electron chi connectivity index (χ0n) is 9.44. The molecule has 78 valence electrons. The van der Waals surface area contributed by atoms with Crippen LogP contribution in [0.3, 0.4) is 0 Å². The molecule has 0 atom stereocenters. The molecule has 0 unspecified atom stereocenters. The average molecular weight is 223 g/mol. The number of carbonyl (C=O) groups is 1. The van der Waals surface area contributed by atoms with Gasteiger partial charge in [0.2, 0.25) is 5.88 Å². The van der Waals surface area contributed by atoms with Gasteiger partial charge in [-0.05, 0) is 6.07 Å².